The smallest absolute Gasteiger partial charge is 0.338 e. The summed E-state index contributed by atoms with van der Waals surface area (Å²) in [6.07, 6.45) is 0.650. The van der Waals surface area contributed by atoms with Crippen molar-refractivity contribution >= 4 is 33.3 Å². The number of ether oxygens (including phenoxy) is 1. The molecule has 0 spiro atoms. The molecule has 9 nitrogen and oxygen atoms in total. The van der Waals surface area contributed by atoms with Crippen molar-refractivity contribution in [1.82, 2.24) is 9.78 Å². The molecular formula is C19H24N4O5S. The minimum atomic E-state index is -3.36. The molecule has 1 aromatic carbocycles. The molecule has 1 unspecified atom stereocenters. The number of rotatable bonds is 5. The van der Waals surface area contributed by atoms with Gasteiger partial charge in [-0.1, -0.05) is 0 Å². The average Bonchev–Trinajstić information content (AvgIpc) is 3.17. The van der Waals surface area contributed by atoms with Gasteiger partial charge in [0.25, 0.3) is 5.91 Å². The van der Waals surface area contributed by atoms with Crippen molar-refractivity contribution in [1.29, 1.82) is 0 Å². The second-order valence-electron chi connectivity index (χ2n) is 7.13. The molecule has 156 valence electrons. The largest absolute Gasteiger partial charge is 0.449 e. The van der Waals surface area contributed by atoms with Crippen LogP contribution in [0.25, 0.3) is 0 Å². The molecule has 0 bridgehead atoms. The van der Waals surface area contributed by atoms with E-state index in [2.05, 4.69) is 10.4 Å². The Kier molecular flexibility index (Phi) is 5.40. The van der Waals surface area contributed by atoms with Crippen molar-refractivity contribution < 1.29 is 22.7 Å². The van der Waals surface area contributed by atoms with E-state index in [4.69, 9.17) is 4.74 Å². The molecule has 29 heavy (non-hydrogen) atoms. The highest BCUT2D eigenvalue weighted by Crippen LogP contribution is 2.31. The Labute approximate surface area is 169 Å². The molecule has 10 heteroatoms. The highest BCUT2D eigenvalue weighted by molar-refractivity contribution is 7.92. The summed E-state index contributed by atoms with van der Waals surface area (Å²) in [6, 6.07) is 4.71. The number of anilines is 2. The highest BCUT2D eigenvalue weighted by atomic mass is 32.2. The van der Waals surface area contributed by atoms with Gasteiger partial charge in [-0.25, -0.2) is 13.2 Å². The zero-order valence-electron chi connectivity index (χ0n) is 17.0. The molecule has 1 aliphatic heterocycles. The normalized spacial score (nSPS) is 14.4. The lowest BCUT2D eigenvalue weighted by Crippen LogP contribution is -2.30. The van der Waals surface area contributed by atoms with Gasteiger partial charge in [-0.2, -0.15) is 5.10 Å². The standard InChI is InChI=1S/C19H24N4O5S/c1-11-17(12(2)22(4)21-11)20-18(24)13(3)28-19(25)15-6-7-16-14(10-15)8-9-23(16)29(5,26)27/h6-7,10,13H,8-9H2,1-5H3,(H,20,24). The number of hydrogen-bond acceptors (Lipinski definition) is 6. The molecule has 0 fully saturated rings. The first-order valence-corrected chi connectivity index (χ1v) is 11.0. The topological polar surface area (TPSA) is 111 Å². The molecule has 1 N–H and O–H groups in total. The number of carbonyl (C=O) groups is 2. The molecule has 0 aliphatic carbocycles. The fourth-order valence-electron chi connectivity index (χ4n) is 3.30. The number of carbonyl (C=O) groups excluding carboxylic acids is 2. The van der Waals surface area contributed by atoms with Gasteiger partial charge < -0.3 is 10.1 Å². The van der Waals surface area contributed by atoms with Gasteiger partial charge in [-0.3, -0.25) is 13.8 Å². The number of hydrogen-bond donors (Lipinski definition) is 1. The van der Waals surface area contributed by atoms with E-state index in [0.717, 1.165) is 17.5 Å². The molecule has 0 saturated carbocycles. The molecule has 3 rings (SSSR count). The summed E-state index contributed by atoms with van der Waals surface area (Å²) >= 11 is 0. The number of aromatic nitrogens is 2. The van der Waals surface area contributed by atoms with E-state index in [-0.39, 0.29) is 5.56 Å². The lowest BCUT2D eigenvalue weighted by atomic mass is 10.1. The zero-order chi connectivity index (χ0) is 21.5. The number of fused-ring (bicyclic) bond motifs is 1. The van der Waals surface area contributed by atoms with Crippen LogP contribution in [0, 0.1) is 13.8 Å². The number of amides is 1. The lowest BCUT2D eigenvalue weighted by Gasteiger charge is -2.17. The monoisotopic (exact) mass is 420 g/mol. The maximum atomic E-state index is 12.5. The quantitative estimate of drug-likeness (QED) is 0.735. The molecule has 2 heterocycles. The van der Waals surface area contributed by atoms with E-state index in [1.807, 2.05) is 6.92 Å². The first-order valence-electron chi connectivity index (χ1n) is 9.11. The fraction of sp³-hybridized carbons (Fsp3) is 0.421. The van der Waals surface area contributed by atoms with Crippen LogP contribution >= 0.6 is 0 Å². The maximum absolute atomic E-state index is 12.5. The fourth-order valence-corrected chi connectivity index (χ4v) is 4.26. The van der Waals surface area contributed by atoms with Gasteiger partial charge in [0, 0.05) is 13.6 Å². The van der Waals surface area contributed by atoms with Crippen molar-refractivity contribution in [2.75, 3.05) is 22.4 Å². The van der Waals surface area contributed by atoms with Crippen molar-refractivity contribution in [3.05, 3.63) is 40.7 Å². The second kappa shape index (κ2) is 7.51. The number of esters is 1. The Morgan fingerprint density at radius 3 is 2.55 bits per heavy atom. The van der Waals surface area contributed by atoms with Gasteiger partial charge in [0.05, 0.1) is 34.6 Å². The van der Waals surface area contributed by atoms with E-state index in [1.165, 1.54) is 17.3 Å². The zero-order valence-corrected chi connectivity index (χ0v) is 17.8. The van der Waals surface area contributed by atoms with Crippen LogP contribution in [0.15, 0.2) is 18.2 Å². The minimum absolute atomic E-state index is 0.271. The lowest BCUT2D eigenvalue weighted by molar-refractivity contribution is -0.123. The molecule has 1 aliphatic rings. The predicted molar refractivity (Wildman–Crippen MR) is 109 cm³/mol. The molecule has 2 aromatic rings. The molecule has 1 atom stereocenters. The highest BCUT2D eigenvalue weighted by Gasteiger charge is 2.28. The van der Waals surface area contributed by atoms with Crippen LogP contribution in [0.1, 0.15) is 34.2 Å². The van der Waals surface area contributed by atoms with Crippen LogP contribution in [0.5, 0.6) is 0 Å². The summed E-state index contributed by atoms with van der Waals surface area (Å²) in [5.74, 6) is -1.10. The molecule has 1 aromatic heterocycles. The predicted octanol–water partition coefficient (Wildman–Crippen LogP) is 1.54. The van der Waals surface area contributed by atoms with Crippen molar-refractivity contribution in [2.45, 2.75) is 33.3 Å². The van der Waals surface area contributed by atoms with Crippen LogP contribution in [0.3, 0.4) is 0 Å². The van der Waals surface area contributed by atoms with E-state index in [0.29, 0.717) is 30.0 Å². The van der Waals surface area contributed by atoms with E-state index < -0.39 is 28.0 Å². The number of sulfonamides is 1. The summed E-state index contributed by atoms with van der Waals surface area (Å²) in [5.41, 5.74) is 3.65. The summed E-state index contributed by atoms with van der Waals surface area (Å²) in [6.45, 7) is 5.45. The van der Waals surface area contributed by atoms with E-state index in [1.54, 1.807) is 30.8 Å². The Morgan fingerprint density at radius 2 is 1.97 bits per heavy atom. The number of benzene rings is 1. The first-order chi connectivity index (χ1) is 13.5. The SMILES string of the molecule is Cc1nn(C)c(C)c1NC(=O)C(C)OC(=O)c1ccc2c(c1)CCN2S(C)(=O)=O. The minimum Gasteiger partial charge on any atom is -0.449 e. The van der Waals surface area contributed by atoms with Gasteiger partial charge in [-0.15, -0.1) is 0 Å². The molecule has 0 saturated heterocycles. The van der Waals surface area contributed by atoms with Crippen molar-refractivity contribution in [3.8, 4) is 0 Å². The Morgan fingerprint density at radius 1 is 1.28 bits per heavy atom. The van der Waals surface area contributed by atoms with Crippen LogP contribution in [0.2, 0.25) is 0 Å². The van der Waals surface area contributed by atoms with E-state index >= 15 is 0 Å². The summed E-state index contributed by atoms with van der Waals surface area (Å²) in [4.78, 5) is 24.9. The number of nitrogens with one attached hydrogen (secondary N) is 1. The Balaban J connectivity index is 1.69. The third kappa shape index (κ3) is 4.12. The van der Waals surface area contributed by atoms with Crippen LogP contribution in [-0.2, 0) is 33.0 Å². The maximum Gasteiger partial charge on any atom is 0.338 e. The van der Waals surface area contributed by atoms with Crippen LogP contribution < -0.4 is 9.62 Å². The molecule has 1 amide bonds. The number of nitrogens with zero attached hydrogens (tertiary/aromatic N) is 3. The van der Waals surface area contributed by atoms with Crippen LogP contribution in [-0.4, -0.2) is 49.0 Å². The first kappa shape index (κ1) is 20.8. The second-order valence-corrected chi connectivity index (χ2v) is 9.04. The van der Waals surface area contributed by atoms with Gasteiger partial charge in [0.1, 0.15) is 0 Å². The van der Waals surface area contributed by atoms with Gasteiger partial charge in [0.2, 0.25) is 10.0 Å². The summed E-state index contributed by atoms with van der Waals surface area (Å²) in [5, 5.41) is 6.98. The van der Waals surface area contributed by atoms with E-state index in [9.17, 15) is 18.0 Å². The van der Waals surface area contributed by atoms with Gasteiger partial charge in [-0.05, 0) is 51.0 Å². The molecule has 0 radical (unpaired) electrons. The van der Waals surface area contributed by atoms with Crippen molar-refractivity contribution in [3.63, 3.8) is 0 Å². The summed E-state index contributed by atoms with van der Waals surface area (Å²) in [7, 11) is -1.58. The molecular weight excluding hydrogens is 396 g/mol. The van der Waals surface area contributed by atoms with Crippen LogP contribution in [0.4, 0.5) is 11.4 Å². The summed E-state index contributed by atoms with van der Waals surface area (Å²) < 4.78 is 31.9. The number of aryl methyl sites for hydroxylation is 2. The Hall–Kier alpha value is -2.88. The Bertz CT molecular complexity index is 1090. The third-order valence-corrected chi connectivity index (χ3v) is 6.16. The van der Waals surface area contributed by atoms with Gasteiger partial charge in [0.15, 0.2) is 6.10 Å². The average molecular weight is 420 g/mol. The third-order valence-electron chi connectivity index (χ3n) is 4.98. The van der Waals surface area contributed by atoms with Crippen molar-refractivity contribution in [2.24, 2.45) is 7.05 Å². The van der Waals surface area contributed by atoms with Gasteiger partial charge >= 0.3 is 5.97 Å².